The van der Waals surface area contributed by atoms with Gasteiger partial charge in [-0.15, -0.1) is 0 Å². The number of esters is 1. The second-order valence-electron chi connectivity index (χ2n) is 6.84. The molecule has 0 saturated carbocycles. The molecule has 2 fully saturated rings. The molecule has 0 unspecified atom stereocenters. The normalized spacial score (nSPS) is 18.0. The van der Waals surface area contributed by atoms with Crippen molar-refractivity contribution in [1.29, 1.82) is 0 Å². The summed E-state index contributed by atoms with van der Waals surface area (Å²) in [5, 5.41) is 0. The number of piperidine rings is 1. The molecule has 7 nitrogen and oxygen atoms in total. The SMILES string of the molecule is COC(=O)C1CCN(C(=O)C2CN(C(=O)COc3ccccc3F)C2)CC1. The summed E-state index contributed by atoms with van der Waals surface area (Å²) >= 11 is 0. The fourth-order valence-electron chi connectivity index (χ4n) is 3.39. The molecule has 0 bridgehead atoms. The number of likely N-dealkylation sites (tertiary alicyclic amines) is 2. The van der Waals surface area contributed by atoms with Crippen molar-refractivity contribution in [2.45, 2.75) is 12.8 Å². The molecular formula is C19H23FN2O5. The minimum atomic E-state index is -0.516. The molecular weight excluding hydrogens is 355 g/mol. The number of hydrogen-bond donors (Lipinski definition) is 0. The van der Waals surface area contributed by atoms with Crippen LogP contribution in [-0.4, -0.2) is 67.5 Å². The lowest BCUT2D eigenvalue weighted by atomic mass is 9.93. The number of ether oxygens (including phenoxy) is 2. The molecule has 8 heteroatoms. The second-order valence-corrected chi connectivity index (χ2v) is 6.84. The minimum absolute atomic E-state index is 0.0115. The van der Waals surface area contributed by atoms with Crippen LogP contribution in [0.5, 0.6) is 5.75 Å². The zero-order chi connectivity index (χ0) is 19.4. The van der Waals surface area contributed by atoms with Gasteiger partial charge in [0.15, 0.2) is 18.2 Å². The van der Waals surface area contributed by atoms with Gasteiger partial charge in [-0.3, -0.25) is 14.4 Å². The van der Waals surface area contributed by atoms with Crippen molar-refractivity contribution in [3.8, 4) is 5.75 Å². The van der Waals surface area contributed by atoms with Gasteiger partial charge in [0.2, 0.25) is 5.91 Å². The Morgan fingerprint density at radius 2 is 1.74 bits per heavy atom. The number of hydrogen-bond acceptors (Lipinski definition) is 5. The van der Waals surface area contributed by atoms with E-state index in [-0.39, 0.29) is 42.0 Å². The van der Waals surface area contributed by atoms with Crippen LogP contribution in [0.3, 0.4) is 0 Å². The molecule has 0 atom stereocenters. The third-order valence-corrected chi connectivity index (χ3v) is 5.11. The number of carbonyl (C=O) groups excluding carboxylic acids is 3. The van der Waals surface area contributed by atoms with Crippen LogP contribution in [0.4, 0.5) is 4.39 Å². The van der Waals surface area contributed by atoms with Gasteiger partial charge in [-0.05, 0) is 25.0 Å². The molecule has 0 radical (unpaired) electrons. The molecule has 2 heterocycles. The van der Waals surface area contributed by atoms with Gasteiger partial charge in [-0.25, -0.2) is 4.39 Å². The summed E-state index contributed by atoms with van der Waals surface area (Å²) in [6.07, 6.45) is 1.20. The summed E-state index contributed by atoms with van der Waals surface area (Å²) in [6.45, 7) is 1.48. The Morgan fingerprint density at radius 1 is 1.07 bits per heavy atom. The van der Waals surface area contributed by atoms with Crippen molar-refractivity contribution in [1.82, 2.24) is 9.80 Å². The third-order valence-electron chi connectivity index (χ3n) is 5.11. The molecule has 0 N–H and O–H groups in total. The highest BCUT2D eigenvalue weighted by Crippen LogP contribution is 2.24. The Labute approximate surface area is 157 Å². The molecule has 0 aromatic heterocycles. The van der Waals surface area contributed by atoms with Crippen LogP contribution in [0.1, 0.15) is 12.8 Å². The first-order chi connectivity index (χ1) is 13.0. The fourth-order valence-corrected chi connectivity index (χ4v) is 3.39. The summed E-state index contributed by atoms with van der Waals surface area (Å²) in [4.78, 5) is 39.4. The van der Waals surface area contributed by atoms with Gasteiger partial charge in [0, 0.05) is 26.2 Å². The van der Waals surface area contributed by atoms with Crippen LogP contribution < -0.4 is 4.74 Å². The van der Waals surface area contributed by atoms with E-state index in [0.717, 1.165) is 0 Å². The summed E-state index contributed by atoms with van der Waals surface area (Å²) < 4.78 is 23.4. The van der Waals surface area contributed by atoms with Crippen LogP contribution in [0.15, 0.2) is 24.3 Å². The Morgan fingerprint density at radius 3 is 2.37 bits per heavy atom. The predicted molar refractivity (Wildman–Crippen MR) is 93.3 cm³/mol. The maximum atomic E-state index is 13.5. The standard InChI is InChI=1S/C19H23FN2O5/c1-26-19(25)13-6-8-21(9-7-13)18(24)14-10-22(11-14)17(23)12-27-16-5-3-2-4-15(16)20/h2-5,13-14H,6-12H2,1H3. The number of rotatable bonds is 5. The van der Waals surface area contributed by atoms with Crippen molar-refractivity contribution in [3.63, 3.8) is 0 Å². The quantitative estimate of drug-likeness (QED) is 0.717. The Balaban J connectivity index is 1.40. The minimum Gasteiger partial charge on any atom is -0.481 e. The molecule has 0 spiro atoms. The predicted octanol–water partition coefficient (Wildman–Crippen LogP) is 1.07. The van der Waals surface area contributed by atoms with Crippen LogP contribution in [0.25, 0.3) is 0 Å². The summed E-state index contributed by atoms with van der Waals surface area (Å²) in [7, 11) is 1.37. The highest BCUT2D eigenvalue weighted by atomic mass is 19.1. The van der Waals surface area contributed by atoms with Gasteiger partial charge >= 0.3 is 5.97 Å². The van der Waals surface area contributed by atoms with Gasteiger partial charge in [0.05, 0.1) is 18.9 Å². The third kappa shape index (κ3) is 4.37. The van der Waals surface area contributed by atoms with Crippen molar-refractivity contribution >= 4 is 17.8 Å². The first-order valence-corrected chi connectivity index (χ1v) is 9.01. The highest BCUT2D eigenvalue weighted by molar-refractivity contribution is 5.85. The number of methoxy groups -OCH3 is 1. The molecule has 2 aliphatic rings. The Hall–Kier alpha value is -2.64. The monoisotopic (exact) mass is 378 g/mol. The van der Waals surface area contributed by atoms with Crippen molar-refractivity contribution in [2.75, 3.05) is 39.9 Å². The van der Waals surface area contributed by atoms with E-state index < -0.39 is 5.82 Å². The molecule has 0 aliphatic carbocycles. The van der Waals surface area contributed by atoms with E-state index in [0.29, 0.717) is 39.0 Å². The lowest BCUT2D eigenvalue weighted by Gasteiger charge is -2.41. The number of nitrogens with zero attached hydrogens (tertiary/aromatic N) is 2. The lowest BCUT2D eigenvalue weighted by Crippen LogP contribution is -2.58. The second kappa shape index (κ2) is 8.37. The van der Waals surface area contributed by atoms with E-state index in [9.17, 15) is 18.8 Å². The molecule has 27 heavy (non-hydrogen) atoms. The Kier molecular flexibility index (Phi) is 5.93. The van der Waals surface area contributed by atoms with Crippen LogP contribution in [-0.2, 0) is 19.1 Å². The maximum absolute atomic E-state index is 13.5. The molecule has 3 rings (SSSR count). The highest BCUT2D eigenvalue weighted by Gasteiger charge is 2.39. The average Bonchev–Trinajstić information content (AvgIpc) is 2.65. The molecule has 146 valence electrons. The summed E-state index contributed by atoms with van der Waals surface area (Å²) in [5.41, 5.74) is 0. The number of halogens is 1. The number of para-hydroxylation sites is 1. The topological polar surface area (TPSA) is 76.2 Å². The Bertz CT molecular complexity index is 712. The molecule has 2 saturated heterocycles. The molecule has 2 amide bonds. The average molecular weight is 378 g/mol. The number of carbonyl (C=O) groups is 3. The van der Waals surface area contributed by atoms with Gasteiger partial charge in [-0.2, -0.15) is 0 Å². The number of amides is 2. The lowest BCUT2D eigenvalue weighted by molar-refractivity contribution is -0.154. The number of benzene rings is 1. The van der Waals surface area contributed by atoms with Gasteiger partial charge in [-0.1, -0.05) is 12.1 Å². The zero-order valence-electron chi connectivity index (χ0n) is 15.2. The van der Waals surface area contributed by atoms with Gasteiger partial charge in [0.1, 0.15) is 0 Å². The first-order valence-electron chi connectivity index (χ1n) is 9.01. The van der Waals surface area contributed by atoms with E-state index in [1.165, 1.54) is 24.1 Å². The van der Waals surface area contributed by atoms with E-state index in [1.807, 2.05) is 0 Å². The molecule has 1 aromatic carbocycles. The first kappa shape index (κ1) is 19.1. The van der Waals surface area contributed by atoms with E-state index in [4.69, 9.17) is 9.47 Å². The summed E-state index contributed by atoms with van der Waals surface area (Å²) in [5.74, 6) is -1.34. The van der Waals surface area contributed by atoms with Crippen molar-refractivity contribution in [2.24, 2.45) is 11.8 Å². The maximum Gasteiger partial charge on any atom is 0.308 e. The van der Waals surface area contributed by atoms with Crippen LogP contribution in [0.2, 0.25) is 0 Å². The smallest absolute Gasteiger partial charge is 0.308 e. The molecule has 2 aliphatic heterocycles. The van der Waals surface area contributed by atoms with E-state index in [2.05, 4.69) is 0 Å². The van der Waals surface area contributed by atoms with Crippen LogP contribution in [0, 0.1) is 17.7 Å². The van der Waals surface area contributed by atoms with E-state index in [1.54, 1.807) is 17.0 Å². The zero-order valence-corrected chi connectivity index (χ0v) is 15.2. The molecule has 1 aromatic rings. The van der Waals surface area contributed by atoms with Crippen LogP contribution >= 0.6 is 0 Å². The van der Waals surface area contributed by atoms with Gasteiger partial charge in [0.25, 0.3) is 5.91 Å². The van der Waals surface area contributed by atoms with Gasteiger partial charge < -0.3 is 19.3 Å². The fraction of sp³-hybridized carbons (Fsp3) is 0.526. The van der Waals surface area contributed by atoms with Crippen molar-refractivity contribution < 1.29 is 28.2 Å². The largest absolute Gasteiger partial charge is 0.481 e. The summed E-state index contributed by atoms with van der Waals surface area (Å²) in [6, 6.07) is 5.90. The van der Waals surface area contributed by atoms with E-state index >= 15 is 0 Å². The van der Waals surface area contributed by atoms with Crippen molar-refractivity contribution in [3.05, 3.63) is 30.1 Å².